The van der Waals surface area contributed by atoms with Crippen molar-refractivity contribution in [1.29, 1.82) is 0 Å². The van der Waals surface area contributed by atoms with E-state index in [0.717, 1.165) is 10.9 Å². The van der Waals surface area contributed by atoms with E-state index < -0.39 is 0 Å². The topological polar surface area (TPSA) is 29.1 Å². The van der Waals surface area contributed by atoms with Crippen LogP contribution in [0.25, 0.3) is 0 Å². The molecule has 0 saturated heterocycles. The summed E-state index contributed by atoms with van der Waals surface area (Å²) < 4.78 is 0.828. The van der Waals surface area contributed by atoms with Gasteiger partial charge in [-0.2, -0.15) is 0 Å². The SMILES string of the molecule is CC1CCCC1NC(=O)c1cc(Cl)cc(Br)c1. The van der Waals surface area contributed by atoms with Crippen LogP contribution in [0.15, 0.2) is 22.7 Å². The van der Waals surface area contributed by atoms with Crippen molar-refractivity contribution in [3.05, 3.63) is 33.3 Å². The molecular formula is C13H15BrClNO. The van der Waals surface area contributed by atoms with Gasteiger partial charge < -0.3 is 5.32 Å². The van der Waals surface area contributed by atoms with Gasteiger partial charge >= 0.3 is 0 Å². The second-order valence-electron chi connectivity index (χ2n) is 4.65. The number of benzene rings is 1. The standard InChI is InChI=1S/C13H15BrClNO/c1-8-3-2-4-12(8)16-13(17)9-5-10(14)7-11(15)6-9/h5-8,12H,2-4H2,1H3,(H,16,17). The normalized spacial score (nSPS) is 23.7. The van der Waals surface area contributed by atoms with Gasteiger partial charge in [-0.25, -0.2) is 0 Å². The van der Waals surface area contributed by atoms with Gasteiger partial charge in [0, 0.05) is 21.1 Å². The highest BCUT2D eigenvalue weighted by molar-refractivity contribution is 9.10. The van der Waals surface area contributed by atoms with Crippen LogP contribution in [0.3, 0.4) is 0 Å². The molecule has 17 heavy (non-hydrogen) atoms. The molecule has 1 N–H and O–H groups in total. The second-order valence-corrected chi connectivity index (χ2v) is 6.00. The van der Waals surface area contributed by atoms with E-state index in [4.69, 9.17) is 11.6 Å². The van der Waals surface area contributed by atoms with E-state index in [1.807, 2.05) is 0 Å². The third kappa shape index (κ3) is 3.23. The van der Waals surface area contributed by atoms with Crippen molar-refractivity contribution in [2.75, 3.05) is 0 Å². The summed E-state index contributed by atoms with van der Waals surface area (Å²) in [4.78, 5) is 12.1. The van der Waals surface area contributed by atoms with Crippen molar-refractivity contribution in [2.24, 2.45) is 5.92 Å². The van der Waals surface area contributed by atoms with Crippen LogP contribution >= 0.6 is 27.5 Å². The molecule has 0 heterocycles. The van der Waals surface area contributed by atoms with Crippen molar-refractivity contribution in [3.8, 4) is 0 Å². The van der Waals surface area contributed by atoms with E-state index >= 15 is 0 Å². The summed E-state index contributed by atoms with van der Waals surface area (Å²) in [5.74, 6) is 0.536. The molecule has 1 fully saturated rings. The molecule has 0 radical (unpaired) electrons. The zero-order chi connectivity index (χ0) is 12.4. The van der Waals surface area contributed by atoms with Crippen LogP contribution in [-0.4, -0.2) is 11.9 Å². The lowest BCUT2D eigenvalue weighted by molar-refractivity contribution is 0.0929. The Morgan fingerprint density at radius 3 is 2.76 bits per heavy atom. The van der Waals surface area contributed by atoms with Crippen LogP contribution in [0.5, 0.6) is 0 Å². The summed E-state index contributed by atoms with van der Waals surface area (Å²) in [7, 11) is 0. The quantitative estimate of drug-likeness (QED) is 0.877. The van der Waals surface area contributed by atoms with Gasteiger partial charge in [-0.3, -0.25) is 4.79 Å². The monoisotopic (exact) mass is 315 g/mol. The summed E-state index contributed by atoms with van der Waals surface area (Å²) in [6, 6.07) is 5.57. The van der Waals surface area contributed by atoms with E-state index in [1.165, 1.54) is 12.8 Å². The Kier molecular flexibility index (Phi) is 4.10. The largest absolute Gasteiger partial charge is 0.349 e. The third-order valence-electron chi connectivity index (χ3n) is 3.30. The van der Waals surface area contributed by atoms with Gasteiger partial charge in [0.15, 0.2) is 0 Å². The van der Waals surface area contributed by atoms with Crippen LogP contribution in [0.1, 0.15) is 36.5 Å². The molecule has 0 aliphatic heterocycles. The number of amides is 1. The fraction of sp³-hybridized carbons (Fsp3) is 0.462. The van der Waals surface area contributed by atoms with Crippen molar-refractivity contribution >= 4 is 33.4 Å². The van der Waals surface area contributed by atoms with Crippen LogP contribution in [-0.2, 0) is 0 Å². The zero-order valence-corrected chi connectivity index (χ0v) is 12.0. The molecule has 2 atom stereocenters. The van der Waals surface area contributed by atoms with Crippen molar-refractivity contribution in [3.63, 3.8) is 0 Å². The lowest BCUT2D eigenvalue weighted by Gasteiger charge is -2.17. The van der Waals surface area contributed by atoms with Gasteiger partial charge in [-0.1, -0.05) is 40.9 Å². The van der Waals surface area contributed by atoms with E-state index in [1.54, 1.807) is 18.2 Å². The summed E-state index contributed by atoms with van der Waals surface area (Å²) in [5, 5.41) is 3.65. The van der Waals surface area contributed by atoms with Crippen LogP contribution in [0.2, 0.25) is 5.02 Å². The summed E-state index contributed by atoms with van der Waals surface area (Å²) in [6.45, 7) is 2.19. The van der Waals surface area contributed by atoms with Crippen LogP contribution < -0.4 is 5.32 Å². The first-order valence-electron chi connectivity index (χ1n) is 5.83. The fourth-order valence-corrected chi connectivity index (χ4v) is 3.16. The van der Waals surface area contributed by atoms with E-state index in [2.05, 4.69) is 28.2 Å². The molecule has 2 nitrogen and oxygen atoms in total. The Balaban J connectivity index is 2.09. The Bertz CT molecular complexity index is 415. The molecule has 2 rings (SSSR count). The van der Waals surface area contributed by atoms with Gasteiger partial charge in [0.2, 0.25) is 0 Å². The minimum Gasteiger partial charge on any atom is -0.349 e. The molecule has 1 aliphatic rings. The number of nitrogens with one attached hydrogen (secondary N) is 1. The molecule has 92 valence electrons. The third-order valence-corrected chi connectivity index (χ3v) is 3.98. The lowest BCUT2D eigenvalue weighted by atomic mass is 10.1. The number of carbonyl (C=O) groups excluding carboxylic acids is 1. The molecule has 0 spiro atoms. The molecule has 1 saturated carbocycles. The Hall–Kier alpha value is -0.540. The molecule has 0 aromatic heterocycles. The Morgan fingerprint density at radius 2 is 2.18 bits per heavy atom. The number of rotatable bonds is 2. The number of hydrogen-bond donors (Lipinski definition) is 1. The van der Waals surface area contributed by atoms with Crippen molar-refractivity contribution in [2.45, 2.75) is 32.2 Å². The smallest absolute Gasteiger partial charge is 0.251 e. The van der Waals surface area contributed by atoms with Crippen LogP contribution in [0, 0.1) is 5.92 Å². The highest BCUT2D eigenvalue weighted by Gasteiger charge is 2.25. The average Bonchev–Trinajstić information content (AvgIpc) is 2.63. The second kappa shape index (κ2) is 5.40. The van der Waals surface area contributed by atoms with Gasteiger partial charge in [0.25, 0.3) is 5.91 Å². The lowest BCUT2D eigenvalue weighted by Crippen LogP contribution is -2.36. The molecule has 4 heteroatoms. The number of halogens is 2. The maximum atomic E-state index is 12.1. The average molecular weight is 317 g/mol. The molecule has 1 aromatic rings. The van der Waals surface area contributed by atoms with Crippen molar-refractivity contribution in [1.82, 2.24) is 5.32 Å². The Morgan fingerprint density at radius 1 is 1.41 bits per heavy atom. The summed E-state index contributed by atoms with van der Waals surface area (Å²) in [5.41, 5.74) is 0.614. The number of carbonyl (C=O) groups is 1. The summed E-state index contributed by atoms with van der Waals surface area (Å²) in [6.07, 6.45) is 3.48. The van der Waals surface area contributed by atoms with Crippen LogP contribution in [0.4, 0.5) is 0 Å². The molecule has 2 unspecified atom stereocenters. The highest BCUT2D eigenvalue weighted by Crippen LogP contribution is 2.25. The highest BCUT2D eigenvalue weighted by atomic mass is 79.9. The minimum absolute atomic E-state index is 0.0352. The van der Waals surface area contributed by atoms with E-state index in [0.29, 0.717) is 22.5 Å². The predicted octanol–water partition coefficient (Wildman–Crippen LogP) is 4.02. The van der Waals surface area contributed by atoms with E-state index in [-0.39, 0.29) is 5.91 Å². The number of hydrogen-bond acceptors (Lipinski definition) is 1. The first-order valence-corrected chi connectivity index (χ1v) is 7.00. The fourth-order valence-electron chi connectivity index (χ4n) is 2.30. The molecular weight excluding hydrogens is 302 g/mol. The van der Waals surface area contributed by atoms with Gasteiger partial charge in [-0.05, 0) is 37.0 Å². The summed E-state index contributed by atoms with van der Waals surface area (Å²) >= 11 is 9.27. The first-order chi connectivity index (χ1) is 8.06. The molecule has 1 aliphatic carbocycles. The van der Waals surface area contributed by atoms with E-state index in [9.17, 15) is 4.79 Å². The Labute approximate surface area is 115 Å². The van der Waals surface area contributed by atoms with Gasteiger partial charge in [0.05, 0.1) is 0 Å². The molecule has 1 amide bonds. The molecule has 1 aromatic carbocycles. The minimum atomic E-state index is -0.0352. The zero-order valence-electron chi connectivity index (χ0n) is 9.67. The van der Waals surface area contributed by atoms with Crippen molar-refractivity contribution < 1.29 is 4.79 Å². The van der Waals surface area contributed by atoms with Gasteiger partial charge in [-0.15, -0.1) is 0 Å². The maximum Gasteiger partial charge on any atom is 0.251 e. The maximum absolute atomic E-state index is 12.1. The molecule has 0 bridgehead atoms. The predicted molar refractivity (Wildman–Crippen MR) is 73.4 cm³/mol. The van der Waals surface area contributed by atoms with Gasteiger partial charge in [0.1, 0.15) is 0 Å². The first kappa shape index (κ1) is 12.9.